The number of hydrogen-bond acceptors (Lipinski definition) is 5. The summed E-state index contributed by atoms with van der Waals surface area (Å²) in [5.41, 5.74) is 0.960. The molecule has 8 nitrogen and oxygen atoms in total. The zero-order chi connectivity index (χ0) is 19.9. The van der Waals surface area contributed by atoms with Crippen LogP contribution in [0.1, 0.15) is 36.6 Å². The Bertz CT molecular complexity index is 1000. The Labute approximate surface area is 159 Å². The minimum atomic E-state index is -0.540. The van der Waals surface area contributed by atoms with Gasteiger partial charge in [0.1, 0.15) is 0 Å². The van der Waals surface area contributed by atoms with Crippen molar-refractivity contribution in [3.05, 3.63) is 73.8 Å². The van der Waals surface area contributed by atoms with E-state index in [1.54, 1.807) is 0 Å². The number of halogens is 1. The summed E-state index contributed by atoms with van der Waals surface area (Å²) in [6, 6.07) is 8.30. The molecule has 27 heavy (non-hydrogen) atoms. The van der Waals surface area contributed by atoms with Gasteiger partial charge in [0.25, 0.3) is 23.4 Å². The summed E-state index contributed by atoms with van der Waals surface area (Å²) in [5, 5.41) is 11.2. The van der Waals surface area contributed by atoms with E-state index in [-0.39, 0.29) is 28.9 Å². The Morgan fingerprint density at radius 1 is 1.15 bits per heavy atom. The predicted octanol–water partition coefficient (Wildman–Crippen LogP) is 2.75. The fraction of sp³-hybridized carbons (Fsp3) is 0.167. The number of carbonyl (C=O) groups is 3. The first-order chi connectivity index (χ1) is 12.7. The highest BCUT2D eigenvalue weighted by molar-refractivity contribution is 6.31. The molecular weight excluding hydrogens is 374 g/mol. The highest BCUT2D eigenvalue weighted by atomic mass is 35.5. The standard InChI is InChI=1S/C18H14ClN3O5/c1-20(9-11-7-12(22(26)27)4-6-15(11)19)16(23)10-3-5-13-14(8-10)18(25)21(2)17(13)24/h3-8H,9H2,1-2H3. The van der Waals surface area contributed by atoms with Gasteiger partial charge in [0.2, 0.25) is 0 Å². The summed E-state index contributed by atoms with van der Waals surface area (Å²) in [6.45, 7) is 0.0449. The van der Waals surface area contributed by atoms with E-state index in [2.05, 4.69) is 0 Å². The Morgan fingerprint density at radius 2 is 1.81 bits per heavy atom. The van der Waals surface area contributed by atoms with Crippen molar-refractivity contribution in [1.82, 2.24) is 9.80 Å². The van der Waals surface area contributed by atoms with Crippen molar-refractivity contribution in [2.24, 2.45) is 0 Å². The van der Waals surface area contributed by atoms with Crippen LogP contribution in [0, 0.1) is 10.1 Å². The van der Waals surface area contributed by atoms with Gasteiger partial charge in [0, 0.05) is 43.4 Å². The van der Waals surface area contributed by atoms with Gasteiger partial charge in [-0.2, -0.15) is 0 Å². The second kappa shape index (κ2) is 6.81. The minimum absolute atomic E-state index is 0.0449. The van der Waals surface area contributed by atoms with E-state index in [1.807, 2.05) is 0 Å². The average molecular weight is 388 g/mol. The summed E-state index contributed by atoms with van der Waals surface area (Å²) < 4.78 is 0. The van der Waals surface area contributed by atoms with Crippen molar-refractivity contribution >= 4 is 35.0 Å². The second-order valence-corrected chi connectivity index (χ2v) is 6.53. The number of nitro benzene ring substituents is 1. The van der Waals surface area contributed by atoms with Crippen LogP contribution in [0.5, 0.6) is 0 Å². The largest absolute Gasteiger partial charge is 0.337 e. The zero-order valence-corrected chi connectivity index (χ0v) is 15.2. The number of non-ortho nitro benzene ring substituents is 1. The topological polar surface area (TPSA) is 101 Å². The molecule has 3 rings (SSSR count). The maximum Gasteiger partial charge on any atom is 0.269 e. The Hall–Kier alpha value is -3.26. The SMILES string of the molecule is CN(Cc1cc([N+](=O)[O-])ccc1Cl)C(=O)c1ccc2c(c1)C(=O)N(C)C2=O. The molecule has 0 unspecified atom stereocenters. The van der Waals surface area contributed by atoms with Gasteiger partial charge in [-0.15, -0.1) is 0 Å². The average Bonchev–Trinajstić information content (AvgIpc) is 2.86. The molecule has 0 radical (unpaired) electrons. The van der Waals surface area contributed by atoms with E-state index in [4.69, 9.17) is 11.6 Å². The van der Waals surface area contributed by atoms with Gasteiger partial charge in [-0.3, -0.25) is 29.4 Å². The van der Waals surface area contributed by atoms with Gasteiger partial charge in [-0.1, -0.05) is 11.6 Å². The van der Waals surface area contributed by atoms with E-state index in [9.17, 15) is 24.5 Å². The first kappa shape index (κ1) is 18.5. The van der Waals surface area contributed by atoms with Crippen molar-refractivity contribution in [3.63, 3.8) is 0 Å². The normalized spacial score (nSPS) is 12.9. The van der Waals surface area contributed by atoms with Crippen LogP contribution in [-0.2, 0) is 6.54 Å². The highest BCUT2D eigenvalue weighted by Gasteiger charge is 2.33. The number of imide groups is 1. The van der Waals surface area contributed by atoms with Gasteiger partial charge in [0.05, 0.1) is 16.1 Å². The maximum atomic E-state index is 12.7. The second-order valence-electron chi connectivity index (χ2n) is 6.12. The number of hydrogen-bond donors (Lipinski definition) is 0. The molecule has 1 aliphatic rings. The van der Waals surface area contributed by atoms with Crippen molar-refractivity contribution in [2.45, 2.75) is 6.54 Å². The number of benzene rings is 2. The van der Waals surface area contributed by atoms with Crippen molar-refractivity contribution in [2.75, 3.05) is 14.1 Å². The van der Waals surface area contributed by atoms with Gasteiger partial charge >= 0.3 is 0 Å². The van der Waals surface area contributed by atoms with E-state index < -0.39 is 22.6 Å². The van der Waals surface area contributed by atoms with Gasteiger partial charge in [-0.25, -0.2) is 0 Å². The summed E-state index contributed by atoms with van der Waals surface area (Å²) in [7, 11) is 2.90. The predicted molar refractivity (Wildman–Crippen MR) is 96.8 cm³/mol. The molecule has 9 heteroatoms. The molecule has 1 heterocycles. The van der Waals surface area contributed by atoms with Gasteiger partial charge < -0.3 is 4.90 Å². The van der Waals surface area contributed by atoms with Gasteiger partial charge in [-0.05, 0) is 29.8 Å². The van der Waals surface area contributed by atoms with E-state index in [0.29, 0.717) is 10.6 Å². The summed E-state index contributed by atoms with van der Waals surface area (Å²) >= 11 is 6.08. The molecule has 2 aromatic carbocycles. The number of amides is 3. The lowest BCUT2D eigenvalue weighted by atomic mass is 10.0. The Kier molecular flexibility index (Phi) is 4.67. The van der Waals surface area contributed by atoms with Crippen LogP contribution in [0.15, 0.2) is 36.4 Å². The number of nitrogens with zero attached hydrogens (tertiary/aromatic N) is 3. The first-order valence-corrected chi connectivity index (χ1v) is 8.23. The number of fused-ring (bicyclic) bond motifs is 1. The third kappa shape index (κ3) is 3.26. The van der Waals surface area contributed by atoms with Crippen LogP contribution >= 0.6 is 11.6 Å². The molecule has 0 saturated heterocycles. The summed E-state index contributed by atoms with van der Waals surface area (Å²) in [5.74, 6) is -1.28. The Balaban J connectivity index is 1.85. The monoisotopic (exact) mass is 387 g/mol. The molecule has 0 aromatic heterocycles. The lowest BCUT2D eigenvalue weighted by Gasteiger charge is -2.18. The first-order valence-electron chi connectivity index (χ1n) is 7.85. The number of nitro groups is 1. The quantitative estimate of drug-likeness (QED) is 0.456. The smallest absolute Gasteiger partial charge is 0.269 e. The molecule has 0 fully saturated rings. The lowest BCUT2D eigenvalue weighted by molar-refractivity contribution is -0.384. The molecule has 0 aliphatic carbocycles. The highest BCUT2D eigenvalue weighted by Crippen LogP contribution is 2.25. The van der Waals surface area contributed by atoms with Crippen LogP contribution in [0.2, 0.25) is 5.02 Å². The van der Waals surface area contributed by atoms with Crippen molar-refractivity contribution in [3.8, 4) is 0 Å². The van der Waals surface area contributed by atoms with Crippen molar-refractivity contribution < 1.29 is 19.3 Å². The molecule has 2 aromatic rings. The van der Waals surface area contributed by atoms with Crippen LogP contribution in [0.4, 0.5) is 5.69 Å². The van der Waals surface area contributed by atoms with Crippen molar-refractivity contribution in [1.29, 1.82) is 0 Å². The van der Waals surface area contributed by atoms with E-state index >= 15 is 0 Å². The summed E-state index contributed by atoms with van der Waals surface area (Å²) in [4.78, 5) is 49.4. The van der Waals surface area contributed by atoms with Crippen LogP contribution < -0.4 is 0 Å². The molecule has 1 aliphatic heterocycles. The van der Waals surface area contributed by atoms with E-state index in [1.165, 1.54) is 55.4 Å². The summed E-state index contributed by atoms with van der Waals surface area (Å²) in [6.07, 6.45) is 0. The zero-order valence-electron chi connectivity index (χ0n) is 14.4. The fourth-order valence-corrected chi connectivity index (χ4v) is 3.02. The number of rotatable bonds is 4. The molecule has 0 atom stereocenters. The van der Waals surface area contributed by atoms with Crippen LogP contribution in [0.25, 0.3) is 0 Å². The number of carbonyl (C=O) groups excluding carboxylic acids is 3. The molecule has 3 amide bonds. The minimum Gasteiger partial charge on any atom is -0.337 e. The maximum absolute atomic E-state index is 12.7. The van der Waals surface area contributed by atoms with Crippen LogP contribution in [0.3, 0.4) is 0 Å². The molecule has 0 spiro atoms. The molecule has 138 valence electrons. The Morgan fingerprint density at radius 3 is 2.48 bits per heavy atom. The molecule has 0 saturated carbocycles. The molecular formula is C18H14ClN3O5. The fourth-order valence-electron chi connectivity index (χ4n) is 2.84. The third-order valence-corrected chi connectivity index (χ3v) is 4.70. The molecule has 0 bridgehead atoms. The molecule has 0 N–H and O–H groups in total. The van der Waals surface area contributed by atoms with E-state index in [0.717, 1.165) is 4.90 Å². The lowest BCUT2D eigenvalue weighted by Crippen LogP contribution is -2.26. The third-order valence-electron chi connectivity index (χ3n) is 4.33. The van der Waals surface area contributed by atoms with Crippen LogP contribution in [-0.4, -0.2) is 46.5 Å². The van der Waals surface area contributed by atoms with Gasteiger partial charge in [0.15, 0.2) is 0 Å².